The molecule has 1 heterocycles. The molecule has 1 aliphatic rings. The lowest BCUT2D eigenvalue weighted by atomic mass is 10.1. The fraction of sp³-hybridized carbons (Fsp3) is 0.214. The van der Waals surface area contributed by atoms with Gasteiger partial charge in [-0.1, -0.05) is 0 Å². The highest BCUT2D eigenvalue weighted by Gasteiger charge is 2.35. The second-order valence-corrected chi connectivity index (χ2v) is 4.80. The molecular formula is C14H13N3O8. The number of aliphatic carboxylic acids is 1. The summed E-state index contributed by atoms with van der Waals surface area (Å²) in [6.07, 6.45) is 1.16. The minimum Gasteiger partial charge on any atom is -0.496 e. The average Bonchev–Trinajstić information content (AvgIpc) is 2.81. The first-order chi connectivity index (χ1) is 11.8. The van der Waals surface area contributed by atoms with Gasteiger partial charge >= 0.3 is 17.7 Å². The molecule has 1 fully saturated rings. The van der Waals surface area contributed by atoms with Crippen LogP contribution in [0, 0.1) is 10.1 Å². The number of hydrogen-bond donors (Lipinski definition) is 2. The number of amides is 3. The number of benzene rings is 1. The van der Waals surface area contributed by atoms with Crippen LogP contribution in [0.15, 0.2) is 17.8 Å². The maximum atomic E-state index is 12.1. The van der Waals surface area contributed by atoms with Crippen molar-refractivity contribution >= 4 is 29.7 Å². The van der Waals surface area contributed by atoms with E-state index >= 15 is 0 Å². The molecule has 11 heteroatoms. The standard InChI is InChI=1S/C14H13N3O8/c1-24-10-5-11(25-2)9(17(22)23)4-7(10)3-8-13(20)16(6-12(18)19)14(21)15-8/h3-5H,6H2,1-2H3,(H,15,21)(H,18,19)/b8-3+. The van der Waals surface area contributed by atoms with E-state index in [4.69, 9.17) is 14.6 Å². The van der Waals surface area contributed by atoms with Crippen LogP contribution >= 0.6 is 0 Å². The van der Waals surface area contributed by atoms with Crippen LogP contribution in [0.4, 0.5) is 10.5 Å². The van der Waals surface area contributed by atoms with Crippen LogP contribution in [0.1, 0.15) is 5.56 Å². The molecule has 25 heavy (non-hydrogen) atoms. The Bertz CT molecular complexity index is 802. The van der Waals surface area contributed by atoms with Gasteiger partial charge in [0.2, 0.25) is 5.75 Å². The summed E-state index contributed by atoms with van der Waals surface area (Å²) in [6, 6.07) is 1.48. The number of nitrogens with one attached hydrogen (secondary N) is 1. The van der Waals surface area contributed by atoms with E-state index in [-0.39, 0.29) is 28.4 Å². The molecule has 1 aliphatic heterocycles. The maximum Gasteiger partial charge on any atom is 0.329 e. The van der Waals surface area contributed by atoms with Crippen molar-refractivity contribution in [3.05, 3.63) is 33.5 Å². The lowest BCUT2D eigenvalue weighted by Crippen LogP contribution is -2.35. The molecular weight excluding hydrogens is 338 g/mol. The molecule has 2 N–H and O–H groups in total. The molecule has 0 aromatic heterocycles. The second-order valence-electron chi connectivity index (χ2n) is 4.80. The predicted octanol–water partition coefficient (Wildman–Crippen LogP) is 0.589. The summed E-state index contributed by atoms with van der Waals surface area (Å²) in [7, 11) is 2.57. The van der Waals surface area contributed by atoms with Gasteiger partial charge in [0.05, 0.1) is 19.1 Å². The zero-order chi connectivity index (χ0) is 18.7. The van der Waals surface area contributed by atoms with Crippen molar-refractivity contribution in [3.63, 3.8) is 0 Å². The molecule has 2 rings (SSSR count). The van der Waals surface area contributed by atoms with Gasteiger partial charge in [0.1, 0.15) is 18.0 Å². The molecule has 0 unspecified atom stereocenters. The van der Waals surface area contributed by atoms with Crippen molar-refractivity contribution in [3.8, 4) is 11.5 Å². The molecule has 0 aliphatic carbocycles. The quantitative estimate of drug-likeness (QED) is 0.327. The van der Waals surface area contributed by atoms with Gasteiger partial charge in [0.25, 0.3) is 5.91 Å². The summed E-state index contributed by atoms with van der Waals surface area (Å²) in [5.41, 5.74) is -0.464. The van der Waals surface area contributed by atoms with Crippen LogP contribution < -0.4 is 14.8 Å². The molecule has 0 radical (unpaired) electrons. The number of carboxylic acid groups (broad SMARTS) is 1. The smallest absolute Gasteiger partial charge is 0.329 e. The summed E-state index contributed by atoms with van der Waals surface area (Å²) in [5.74, 6) is -2.11. The second kappa shape index (κ2) is 6.86. The molecule has 1 aromatic rings. The lowest BCUT2D eigenvalue weighted by Gasteiger charge is -2.09. The SMILES string of the molecule is COc1cc(OC)c([N+](=O)[O-])cc1/C=C1/NC(=O)N(CC(=O)O)C1=O. The summed E-state index contributed by atoms with van der Waals surface area (Å²) >= 11 is 0. The number of ether oxygens (including phenoxy) is 2. The summed E-state index contributed by atoms with van der Waals surface area (Å²) in [5, 5.41) is 22.0. The normalized spacial score (nSPS) is 15.3. The number of nitrogens with zero attached hydrogens (tertiary/aromatic N) is 2. The summed E-state index contributed by atoms with van der Waals surface area (Å²) < 4.78 is 10.0. The van der Waals surface area contributed by atoms with Gasteiger partial charge in [0.15, 0.2) is 0 Å². The average molecular weight is 351 g/mol. The zero-order valence-corrected chi connectivity index (χ0v) is 13.1. The Balaban J connectivity index is 2.48. The maximum absolute atomic E-state index is 12.1. The topological polar surface area (TPSA) is 148 Å². The lowest BCUT2D eigenvalue weighted by molar-refractivity contribution is -0.385. The van der Waals surface area contributed by atoms with Gasteiger partial charge in [-0.2, -0.15) is 0 Å². The first kappa shape index (κ1) is 17.7. The van der Waals surface area contributed by atoms with Gasteiger partial charge < -0.3 is 19.9 Å². The molecule has 1 aromatic carbocycles. The molecule has 3 amide bonds. The molecule has 1 saturated heterocycles. The monoisotopic (exact) mass is 351 g/mol. The zero-order valence-electron chi connectivity index (χ0n) is 13.1. The van der Waals surface area contributed by atoms with E-state index in [9.17, 15) is 24.5 Å². The number of methoxy groups -OCH3 is 2. The molecule has 0 saturated carbocycles. The van der Waals surface area contributed by atoms with E-state index in [1.54, 1.807) is 0 Å². The van der Waals surface area contributed by atoms with E-state index in [1.807, 2.05) is 0 Å². The van der Waals surface area contributed by atoms with Crippen molar-refractivity contribution < 1.29 is 33.9 Å². The third kappa shape index (κ3) is 3.49. The predicted molar refractivity (Wildman–Crippen MR) is 82.1 cm³/mol. The van der Waals surface area contributed by atoms with E-state index in [1.165, 1.54) is 20.3 Å². The van der Waals surface area contributed by atoms with Crippen molar-refractivity contribution in [1.29, 1.82) is 0 Å². The molecule has 0 bridgehead atoms. The van der Waals surface area contributed by atoms with Crippen LogP contribution in [0.2, 0.25) is 0 Å². The third-order valence-corrected chi connectivity index (χ3v) is 3.28. The number of rotatable bonds is 6. The minimum absolute atomic E-state index is 0.0433. The van der Waals surface area contributed by atoms with Crippen LogP contribution in [-0.4, -0.2) is 53.6 Å². The Labute approximate surface area is 140 Å². The van der Waals surface area contributed by atoms with Gasteiger partial charge in [-0.25, -0.2) is 9.69 Å². The highest BCUT2D eigenvalue weighted by Crippen LogP contribution is 2.35. The summed E-state index contributed by atoms with van der Waals surface area (Å²) in [6.45, 7) is -0.804. The first-order valence-electron chi connectivity index (χ1n) is 6.75. The van der Waals surface area contributed by atoms with Crippen LogP contribution in [0.3, 0.4) is 0 Å². The first-order valence-corrected chi connectivity index (χ1v) is 6.75. The van der Waals surface area contributed by atoms with Gasteiger partial charge in [0, 0.05) is 17.7 Å². The highest BCUT2D eigenvalue weighted by molar-refractivity contribution is 6.15. The molecule has 11 nitrogen and oxygen atoms in total. The van der Waals surface area contributed by atoms with Crippen molar-refractivity contribution in [2.45, 2.75) is 0 Å². The Morgan fingerprint density at radius 1 is 1.32 bits per heavy atom. The van der Waals surface area contributed by atoms with Crippen molar-refractivity contribution in [1.82, 2.24) is 10.2 Å². The molecule has 0 spiro atoms. The van der Waals surface area contributed by atoms with Crippen LogP contribution in [0.5, 0.6) is 11.5 Å². The Morgan fingerprint density at radius 2 is 1.96 bits per heavy atom. The van der Waals surface area contributed by atoms with E-state index in [0.29, 0.717) is 4.90 Å². The minimum atomic E-state index is -1.36. The third-order valence-electron chi connectivity index (χ3n) is 3.28. The number of urea groups is 1. The van der Waals surface area contributed by atoms with Crippen molar-refractivity contribution in [2.24, 2.45) is 0 Å². The number of nitro benzene ring substituents is 1. The Hall–Kier alpha value is -3.63. The number of carbonyl (C=O) groups excluding carboxylic acids is 2. The largest absolute Gasteiger partial charge is 0.496 e. The van der Waals surface area contributed by atoms with Crippen LogP contribution in [0.25, 0.3) is 6.08 Å². The Morgan fingerprint density at radius 3 is 2.48 bits per heavy atom. The summed E-state index contributed by atoms with van der Waals surface area (Å²) in [4.78, 5) is 45.4. The van der Waals surface area contributed by atoms with Gasteiger partial charge in [-0.3, -0.25) is 19.7 Å². The fourth-order valence-corrected chi connectivity index (χ4v) is 2.17. The number of nitro groups is 1. The number of hydrogen-bond acceptors (Lipinski definition) is 7. The Kier molecular flexibility index (Phi) is 4.86. The fourth-order valence-electron chi connectivity index (χ4n) is 2.17. The number of carboxylic acids is 1. The number of imide groups is 1. The van der Waals surface area contributed by atoms with E-state index in [0.717, 1.165) is 12.1 Å². The molecule has 0 atom stereocenters. The van der Waals surface area contributed by atoms with Gasteiger partial charge in [-0.05, 0) is 6.08 Å². The van der Waals surface area contributed by atoms with Gasteiger partial charge in [-0.15, -0.1) is 0 Å². The van der Waals surface area contributed by atoms with E-state index in [2.05, 4.69) is 5.32 Å². The van der Waals surface area contributed by atoms with Crippen LogP contribution in [-0.2, 0) is 9.59 Å². The number of carbonyl (C=O) groups is 3. The molecule has 132 valence electrons. The van der Waals surface area contributed by atoms with E-state index < -0.39 is 29.4 Å². The van der Waals surface area contributed by atoms with Crippen molar-refractivity contribution in [2.75, 3.05) is 20.8 Å². The highest BCUT2D eigenvalue weighted by atomic mass is 16.6.